The number of hydrogen-bond donors (Lipinski definition) is 3. The van der Waals surface area contributed by atoms with Gasteiger partial charge in [0.1, 0.15) is 17.7 Å². The van der Waals surface area contributed by atoms with Crippen LogP contribution in [0.15, 0.2) is 23.1 Å². The molecule has 0 bridgehead atoms. The van der Waals surface area contributed by atoms with Gasteiger partial charge in [0, 0.05) is 13.2 Å². The van der Waals surface area contributed by atoms with Crippen molar-refractivity contribution in [2.75, 3.05) is 0 Å². The quantitative estimate of drug-likeness (QED) is 0.619. The van der Waals surface area contributed by atoms with E-state index in [4.69, 9.17) is 11.5 Å². The molecule has 1 atom stereocenters. The van der Waals surface area contributed by atoms with Crippen LogP contribution in [0.25, 0.3) is 0 Å². The molecular weight excluding hydrogens is 251 g/mol. The lowest BCUT2D eigenvalue weighted by molar-refractivity contribution is -0.0870. The SMILES string of the molecule is Cn1cnnc1C1(N)N=C(N)C(C(F)(F)F)=CN1. The number of alkyl halides is 3. The molecule has 7 nitrogen and oxygen atoms in total. The van der Waals surface area contributed by atoms with Gasteiger partial charge in [-0.1, -0.05) is 0 Å². The number of aryl methyl sites for hydroxylation is 1. The molecule has 0 amide bonds. The maximum atomic E-state index is 12.5. The zero-order valence-corrected chi connectivity index (χ0v) is 9.23. The topological polar surface area (TPSA) is 107 Å². The highest BCUT2D eigenvalue weighted by atomic mass is 19.4. The van der Waals surface area contributed by atoms with Gasteiger partial charge >= 0.3 is 6.18 Å². The highest BCUT2D eigenvalue weighted by Crippen LogP contribution is 2.29. The maximum Gasteiger partial charge on any atom is 0.421 e. The van der Waals surface area contributed by atoms with E-state index in [2.05, 4.69) is 20.5 Å². The molecule has 0 aliphatic carbocycles. The molecule has 18 heavy (non-hydrogen) atoms. The average molecular weight is 261 g/mol. The monoisotopic (exact) mass is 261 g/mol. The van der Waals surface area contributed by atoms with Crippen LogP contribution in [-0.2, 0) is 12.8 Å². The maximum absolute atomic E-state index is 12.5. The van der Waals surface area contributed by atoms with Gasteiger partial charge in [-0.05, 0) is 0 Å². The van der Waals surface area contributed by atoms with Crippen LogP contribution in [0.3, 0.4) is 0 Å². The summed E-state index contributed by atoms with van der Waals surface area (Å²) in [4.78, 5) is 3.61. The lowest BCUT2D eigenvalue weighted by Crippen LogP contribution is -2.53. The molecule has 1 unspecified atom stereocenters. The molecular formula is C8H10F3N7. The highest BCUT2D eigenvalue weighted by molar-refractivity contribution is 5.98. The first-order valence-corrected chi connectivity index (χ1v) is 4.78. The number of aliphatic imine (C=N–C) groups is 1. The van der Waals surface area contributed by atoms with Gasteiger partial charge in [-0.3, -0.25) is 5.73 Å². The smallest absolute Gasteiger partial charge is 0.383 e. The first-order chi connectivity index (χ1) is 8.24. The van der Waals surface area contributed by atoms with E-state index in [1.54, 1.807) is 7.05 Å². The zero-order valence-electron chi connectivity index (χ0n) is 9.23. The van der Waals surface area contributed by atoms with Crippen molar-refractivity contribution in [3.8, 4) is 0 Å². The lowest BCUT2D eigenvalue weighted by atomic mass is 10.2. The second-order valence-corrected chi connectivity index (χ2v) is 3.73. The van der Waals surface area contributed by atoms with E-state index in [9.17, 15) is 13.2 Å². The summed E-state index contributed by atoms with van der Waals surface area (Å²) < 4.78 is 39.0. The Kier molecular flexibility index (Phi) is 2.54. The van der Waals surface area contributed by atoms with Crippen LogP contribution in [0.2, 0.25) is 0 Å². The number of nitrogens with one attached hydrogen (secondary N) is 1. The van der Waals surface area contributed by atoms with E-state index in [0.29, 0.717) is 6.20 Å². The number of rotatable bonds is 1. The Bertz CT molecular complexity index is 529. The molecule has 1 aliphatic heterocycles. The van der Waals surface area contributed by atoms with Gasteiger partial charge in [0.25, 0.3) is 0 Å². The number of nitrogens with zero attached hydrogens (tertiary/aromatic N) is 4. The summed E-state index contributed by atoms with van der Waals surface area (Å²) in [6, 6.07) is 0. The van der Waals surface area contributed by atoms with Gasteiger partial charge in [-0.2, -0.15) is 13.2 Å². The Hall–Kier alpha value is -2.10. The molecule has 98 valence electrons. The van der Waals surface area contributed by atoms with E-state index in [1.165, 1.54) is 10.9 Å². The number of amidine groups is 1. The van der Waals surface area contributed by atoms with Gasteiger partial charge in [-0.15, -0.1) is 10.2 Å². The van der Waals surface area contributed by atoms with E-state index in [1.807, 2.05) is 0 Å². The van der Waals surface area contributed by atoms with Crippen molar-refractivity contribution in [2.24, 2.45) is 23.5 Å². The molecule has 0 saturated carbocycles. The molecule has 5 N–H and O–H groups in total. The van der Waals surface area contributed by atoms with Crippen LogP contribution in [0.5, 0.6) is 0 Å². The minimum Gasteiger partial charge on any atom is -0.383 e. The Balaban J connectivity index is 2.39. The molecule has 1 aromatic heterocycles. The second kappa shape index (κ2) is 3.70. The molecule has 0 saturated heterocycles. The minimum absolute atomic E-state index is 0.142. The summed E-state index contributed by atoms with van der Waals surface area (Å²) in [5, 5.41) is 9.59. The largest absolute Gasteiger partial charge is 0.421 e. The second-order valence-electron chi connectivity index (χ2n) is 3.73. The van der Waals surface area contributed by atoms with Gasteiger partial charge in [0.15, 0.2) is 5.82 Å². The number of hydrogen-bond acceptors (Lipinski definition) is 6. The van der Waals surface area contributed by atoms with Crippen LogP contribution in [0, 0.1) is 0 Å². The van der Waals surface area contributed by atoms with E-state index < -0.39 is 23.4 Å². The van der Waals surface area contributed by atoms with Crippen molar-refractivity contribution in [2.45, 2.75) is 12.0 Å². The molecule has 2 heterocycles. The average Bonchev–Trinajstić information content (AvgIpc) is 2.62. The zero-order chi connectivity index (χ0) is 13.6. The van der Waals surface area contributed by atoms with Gasteiger partial charge in [0.2, 0.25) is 5.79 Å². The molecule has 1 aliphatic rings. The highest BCUT2D eigenvalue weighted by Gasteiger charge is 2.42. The fraction of sp³-hybridized carbons (Fsp3) is 0.375. The molecule has 0 spiro atoms. The third-order valence-corrected chi connectivity index (χ3v) is 2.37. The molecule has 2 rings (SSSR count). The predicted octanol–water partition coefficient (Wildman–Crippen LogP) is -0.709. The fourth-order valence-corrected chi connectivity index (χ4v) is 1.51. The van der Waals surface area contributed by atoms with Gasteiger partial charge < -0.3 is 15.6 Å². The standard InChI is InChI=1S/C8H10F3N7/c1-18-3-15-17-6(18)8(13)14-2-4(5(12)16-8)7(9,10)11/h2-3,14H,13H2,1H3,(H2,12,16). The summed E-state index contributed by atoms with van der Waals surface area (Å²) in [6.45, 7) is 0. The van der Waals surface area contributed by atoms with Crippen molar-refractivity contribution < 1.29 is 13.2 Å². The first kappa shape index (κ1) is 12.4. The van der Waals surface area contributed by atoms with Crippen LogP contribution >= 0.6 is 0 Å². The predicted molar refractivity (Wildman–Crippen MR) is 55.8 cm³/mol. The van der Waals surface area contributed by atoms with Crippen molar-refractivity contribution in [3.05, 3.63) is 23.9 Å². The Morgan fingerprint density at radius 3 is 2.56 bits per heavy atom. The molecule has 0 fully saturated rings. The summed E-state index contributed by atoms with van der Waals surface area (Å²) in [5.74, 6) is -2.22. The summed E-state index contributed by atoms with van der Waals surface area (Å²) >= 11 is 0. The Labute approximate surface area is 99.4 Å². The van der Waals surface area contributed by atoms with Crippen molar-refractivity contribution in [3.63, 3.8) is 0 Å². The molecule has 10 heteroatoms. The van der Waals surface area contributed by atoms with Crippen LogP contribution in [0.4, 0.5) is 13.2 Å². The molecule has 0 radical (unpaired) electrons. The lowest BCUT2D eigenvalue weighted by Gasteiger charge is -2.29. The first-order valence-electron chi connectivity index (χ1n) is 4.78. The van der Waals surface area contributed by atoms with Gasteiger partial charge in [-0.25, -0.2) is 4.99 Å². The molecule has 0 aromatic carbocycles. The third kappa shape index (κ3) is 1.90. The van der Waals surface area contributed by atoms with Gasteiger partial charge in [0.05, 0.1) is 0 Å². The Morgan fingerprint density at radius 2 is 2.11 bits per heavy atom. The summed E-state index contributed by atoms with van der Waals surface area (Å²) in [5.41, 5.74) is 10.0. The summed E-state index contributed by atoms with van der Waals surface area (Å²) in [7, 11) is 1.58. The minimum atomic E-state index is -4.60. The Morgan fingerprint density at radius 1 is 1.44 bits per heavy atom. The van der Waals surface area contributed by atoms with Crippen LogP contribution in [0.1, 0.15) is 5.82 Å². The van der Waals surface area contributed by atoms with E-state index >= 15 is 0 Å². The van der Waals surface area contributed by atoms with E-state index in [0.717, 1.165) is 0 Å². The number of aromatic nitrogens is 3. The number of nitrogens with two attached hydrogens (primary N) is 2. The normalized spacial score (nSPS) is 24.3. The third-order valence-electron chi connectivity index (χ3n) is 2.37. The molecule has 1 aromatic rings. The number of halogens is 3. The van der Waals surface area contributed by atoms with Crippen molar-refractivity contribution >= 4 is 5.84 Å². The van der Waals surface area contributed by atoms with Crippen molar-refractivity contribution in [1.82, 2.24) is 20.1 Å². The summed E-state index contributed by atoms with van der Waals surface area (Å²) in [6.07, 6.45) is -2.57. The van der Waals surface area contributed by atoms with E-state index in [-0.39, 0.29) is 5.82 Å². The fourth-order valence-electron chi connectivity index (χ4n) is 1.51. The van der Waals surface area contributed by atoms with Crippen LogP contribution in [-0.4, -0.2) is 26.8 Å². The van der Waals surface area contributed by atoms with Crippen LogP contribution < -0.4 is 16.8 Å². The van der Waals surface area contributed by atoms with Crippen molar-refractivity contribution in [1.29, 1.82) is 0 Å².